The first-order valence-electron chi connectivity index (χ1n) is 10.3. The van der Waals surface area contributed by atoms with Gasteiger partial charge in [0.1, 0.15) is 0 Å². The number of nitrogens with zero attached hydrogens (tertiary/aromatic N) is 4. The van der Waals surface area contributed by atoms with Gasteiger partial charge in [-0.3, -0.25) is 19.6 Å². The summed E-state index contributed by atoms with van der Waals surface area (Å²) in [7, 11) is 0. The van der Waals surface area contributed by atoms with Crippen molar-refractivity contribution in [2.75, 3.05) is 0 Å². The molecular formula is C22H23N5O2. The summed E-state index contributed by atoms with van der Waals surface area (Å²) in [6.07, 6.45) is 8.97. The van der Waals surface area contributed by atoms with E-state index in [0.29, 0.717) is 17.0 Å². The van der Waals surface area contributed by atoms with E-state index in [4.69, 9.17) is 0 Å². The predicted octanol–water partition coefficient (Wildman–Crippen LogP) is 2.98. The lowest BCUT2D eigenvalue weighted by atomic mass is 9.91. The molecule has 2 heterocycles. The number of benzene rings is 1. The van der Waals surface area contributed by atoms with Gasteiger partial charge in [-0.1, -0.05) is 0 Å². The van der Waals surface area contributed by atoms with Crippen LogP contribution in [0.25, 0.3) is 11.0 Å². The van der Waals surface area contributed by atoms with E-state index in [1.807, 2.05) is 12.1 Å². The van der Waals surface area contributed by atoms with Crippen LogP contribution >= 0.6 is 0 Å². The van der Waals surface area contributed by atoms with E-state index < -0.39 is 0 Å². The fraction of sp³-hybridized carbons (Fsp3) is 0.409. The molecule has 0 radical (unpaired) electrons. The number of hydrogen-bond donors (Lipinski definition) is 1. The maximum atomic E-state index is 12.7. The van der Waals surface area contributed by atoms with Crippen molar-refractivity contribution in [3.05, 3.63) is 64.3 Å². The summed E-state index contributed by atoms with van der Waals surface area (Å²) in [4.78, 5) is 33.4. The second kappa shape index (κ2) is 7.39. The molecular weight excluding hydrogens is 366 g/mol. The Morgan fingerprint density at radius 2 is 1.69 bits per heavy atom. The van der Waals surface area contributed by atoms with Gasteiger partial charge in [0.15, 0.2) is 0 Å². The van der Waals surface area contributed by atoms with Gasteiger partial charge in [-0.25, -0.2) is 4.68 Å². The first-order valence-corrected chi connectivity index (χ1v) is 10.3. The van der Waals surface area contributed by atoms with Gasteiger partial charge < -0.3 is 5.32 Å². The van der Waals surface area contributed by atoms with Crippen LogP contribution in [0.5, 0.6) is 0 Å². The highest BCUT2D eigenvalue weighted by Crippen LogP contribution is 2.38. The fourth-order valence-electron chi connectivity index (χ4n) is 4.14. The van der Waals surface area contributed by atoms with Gasteiger partial charge in [0.2, 0.25) is 0 Å². The van der Waals surface area contributed by atoms with Crippen LogP contribution in [0.15, 0.2) is 47.5 Å². The standard InChI is InChI=1S/C22H23N5O2/c28-21-10-9-18(14-1-2-14)26-27(21)17-6-4-16(5-7-17)25-22(29)15-3-8-19-20(13-15)24-12-11-23-19/h3,8-14,16-17H,1-2,4-7H2,(H,25,29). The van der Waals surface area contributed by atoms with Crippen LogP contribution in [-0.2, 0) is 0 Å². The Morgan fingerprint density at radius 3 is 2.45 bits per heavy atom. The Balaban J connectivity index is 1.23. The second-order valence-corrected chi connectivity index (χ2v) is 8.05. The summed E-state index contributed by atoms with van der Waals surface area (Å²) in [6.45, 7) is 0. The molecule has 2 fully saturated rings. The molecule has 1 amide bonds. The van der Waals surface area contributed by atoms with E-state index in [1.165, 1.54) is 12.8 Å². The summed E-state index contributed by atoms with van der Waals surface area (Å²) in [5, 5.41) is 7.76. The lowest BCUT2D eigenvalue weighted by molar-refractivity contribution is 0.0921. The van der Waals surface area contributed by atoms with Gasteiger partial charge >= 0.3 is 0 Å². The zero-order chi connectivity index (χ0) is 19.8. The smallest absolute Gasteiger partial charge is 0.267 e. The minimum atomic E-state index is -0.0907. The van der Waals surface area contributed by atoms with E-state index in [9.17, 15) is 9.59 Å². The van der Waals surface area contributed by atoms with Crippen molar-refractivity contribution in [1.29, 1.82) is 0 Å². The lowest BCUT2D eigenvalue weighted by Gasteiger charge is -2.29. The third-order valence-corrected chi connectivity index (χ3v) is 5.95. The van der Waals surface area contributed by atoms with Crippen molar-refractivity contribution in [3.63, 3.8) is 0 Å². The van der Waals surface area contributed by atoms with E-state index in [2.05, 4.69) is 20.4 Å². The van der Waals surface area contributed by atoms with Crippen LogP contribution in [0.4, 0.5) is 0 Å². The third kappa shape index (κ3) is 3.77. The summed E-state index contributed by atoms with van der Waals surface area (Å²) in [5.41, 5.74) is 3.09. The minimum absolute atomic E-state index is 0.0286. The van der Waals surface area contributed by atoms with Crippen LogP contribution in [0.3, 0.4) is 0 Å². The predicted molar refractivity (Wildman–Crippen MR) is 109 cm³/mol. The van der Waals surface area contributed by atoms with Crippen LogP contribution in [0.2, 0.25) is 0 Å². The normalized spacial score (nSPS) is 21.8. The molecule has 0 unspecified atom stereocenters. The number of carbonyl (C=O) groups is 1. The molecule has 0 saturated heterocycles. The molecule has 3 aromatic rings. The molecule has 0 atom stereocenters. The molecule has 2 aliphatic carbocycles. The summed E-state index contributed by atoms with van der Waals surface area (Å²) >= 11 is 0. The average molecular weight is 389 g/mol. The van der Waals surface area contributed by atoms with Crippen molar-refractivity contribution in [2.24, 2.45) is 0 Å². The number of rotatable bonds is 4. The topological polar surface area (TPSA) is 89.8 Å². The molecule has 2 aliphatic rings. The molecule has 0 aliphatic heterocycles. The maximum Gasteiger partial charge on any atom is 0.267 e. The van der Waals surface area contributed by atoms with Gasteiger partial charge in [-0.15, -0.1) is 0 Å². The highest BCUT2D eigenvalue weighted by atomic mass is 16.1. The molecule has 0 spiro atoms. The second-order valence-electron chi connectivity index (χ2n) is 8.05. The zero-order valence-corrected chi connectivity index (χ0v) is 16.1. The molecule has 0 bridgehead atoms. The van der Waals surface area contributed by atoms with Crippen LogP contribution in [-0.4, -0.2) is 31.7 Å². The lowest BCUT2D eigenvalue weighted by Crippen LogP contribution is -2.39. The quantitative estimate of drug-likeness (QED) is 0.741. The first kappa shape index (κ1) is 18.0. The first-order chi connectivity index (χ1) is 14.2. The molecule has 7 nitrogen and oxygen atoms in total. The van der Waals surface area contributed by atoms with Crippen molar-refractivity contribution in [1.82, 2.24) is 25.1 Å². The van der Waals surface area contributed by atoms with Gasteiger partial charge in [-0.2, -0.15) is 5.10 Å². The zero-order valence-electron chi connectivity index (χ0n) is 16.1. The van der Waals surface area contributed by atoms with Gasteiger partial charge in [-0.05, 0) is 62.8 Å². The highest BCUT2D eigenvalue weighted by molar-refractivity contribution is 5.97. The monoisotopic (exact) mass is 389 g/mol. The molecule has 1 aromatic carbocycles. The van der Waals surface area contributed by atoms with E-state index >= 15 is 0 Å². The molecule has 2 aromatic heterocycles. The van der Waals surface area contributed by atoms with E-state index in [1.54, 1.807) is 35.3 Å². The molecule has 1 N–H and O–H groups in total. The van der Waals surface area contributed by atoms with Crippen molar-refractivity contribution in [3.8, 4) is 0 Å². The Bertz CT molecular complexity index is 1110. The van der Waals surface area contributed by atoms with Crippen molar-refractivity contribution in [2.45, 2.75) is 56.5 Å². The Morgan fingerprint density at radius 1 is 0.931 bits per heavy atom. The molecule has 29 heavy (non-hydrogen) atoms. The summed E-state index contributed by atoms with van der Waals surface area (Å²) in [6, 6.07) is 9.12. The third-order valence-electron chi connectivity index (χ3n) is 5.95. The van der Waals surface area contributed by atoms with E-state index in [0.717, 1.165) is 36.9 Å². The molecule has 2 saturated carbocycles. The number of fused-ring (bicyclic) bond motifs is 1. The number of hydrogen-bond acceptors (Lipinski definition) is 5. The molecule has 5 rings (SSSR count). The van der Waals surface area contributed by atoms with Gasteiger partial charge in [0.05, 0.1) is 22.8 Å². The van der Waals surface area contributed by atoms with Gasteiger partial charge in [0, 0.05) is 36.0 Å². The van der Waals surface area contributed by atoms with Crippen LogP contribution in [0, 0.1) is 0 Å². The Kier molecular flexibility index (Phi) is 4.58. The number of carbonyl (C=O) groups excluding carboxylic acids is 1. The molecule has 7 heteroatoms. The van der Waals surface area contributed by atoms with Crippen molar-refractivity contribution >= 4 is 16.9 Å². The van der Waals surface area contributed by atoms with Crippen molar-refractivity contribution < 1.29 is 4.79 Å². The minimum Gasteiger partial charge on any atom is -0.349 e. The fourth-order valence-corrected chi connectivity index (χ4v) is 4.14. The van der Waals surface area contributed by atoms with Crippen LogP contribution < -0.4 is 10.9 Å². The number of amides is 1. The maximum absolute atomic E-state index is 12.7. The molecule has 148 valence electrons. The summed E-state index contributed by atoms with van der Waals surface area (Å²) in [5.74, 6) is 0.441. The highest BCUT2D eigenvalue weighted by Gasteiger charge is 2.28. The van der Waals surface area contributed by atoms with Gasteiger partial charge in [0.25, 0.3) is 11.5 Å². The number of nitrogens with one attached hydrogen (secondary N) is 1. The largest absolute Gasteiger partial charge is 0.349 e. The van der Waals surface area contributed by atoms with Crippen LogP contribution in [0.1, 0.15) is 66.5 Å². The number of aromatic nitrogens is 4. The van der Waals surface area contributed by atoms with E-state index in [-0.39, 0.29) is 23.6 Å². The Hall–Kier alpha value is -3.09. The summed E-state index contributed by atoms with van der Waals surface area (Å²) < 4.78 is 1.67. The SMILES string of the molecule is O=C(NC1CCC(n2nc(C3CC3)ccc2=O)CC1)c1ccc2nccnc2c1. The Labute approximate surface area is 168 Å². The average Bonchev–Trinajstić information content (AvgIpc) is 3.60.